The summed E-state index contributed by atoms with van der Waals surface area (Å²) in [6, 6.07) is 9.11. The molecule has 0 spiro atoms. The van der Waals surface area contributed by atoms with E-state index in [1.807, 2.05) is 23.5 Å². The quantitative estimate of drug-likeness (QED) is 0.856. The minimum Gasteiger partial charge on any atom is -0.309 e. The van der Waals surface area contributed by atoms with E-state index in [1.165, 1.54) is 27.8 Å². The van der Waals surface area contributed by atoms with Gasteiger partial charge >= 0.3 is 0 Å². The highest BCUT2D eigenvalue weighted by molar-refractivity contribution is 7.19. The lowest BCUT2D eigenvalue weighted by atomic mass is 10.2. The van der Waals surface area contributed by atoms with Crippen molar-refractivity contribution >= 4 is 33.0 Å². The zero-order chi connectivity index (χ0) is 10.3. The van der Waals surface area contributed by atoms with E-state index < -0.39 is 0 Å². The number of nitrogens with one attached hydrogen (secondary N) is 1. The van der Waals surface area contributed by atoms with Gasteiger partial charge in [0.15, 0.2) is 0 Å². The maximum atomic E-state index is 5.95. The van der Waals surface area contributed by atoms with E-state index in [0.29, 0.717) is 0 Å². The molecule has 1 N–H and O–H groups in total. The molecule has 1 heterocycles. The molecule has 1 aromatic carbocycles. The average molecular weight is 238 g/mol. The largest absolute Gasteiger partial charge is 0.309 e. The van der Waals surface area contributed by atoms with Crippen molar-refractivity contribution in [1.82, 2.24) is 5.32 Å². The Bertz CT molecular complexity index is 487. The Balaban J connectivity index is 1.84. The van der Waals surface area contributed by atoms with E-state index in [0.717, 1.165) is 17.6 Å². The fourth-order valence-electron chi connectivity index (χ4n) is 1.69. The molecule has 78 valence electrons. The summed E-state index contributed by atoms with van der Waals surface area (Å²) in [4.78, 5) is 1.40. The van der Waals surface area contributed by atoms with Crippen LogP contribution < -0.4 is 5.32 Å². The Hall–Kier alpha value is -0.570. The first-order valence-electron chi connectivity index (χ1n) is 5.22. The molecule has 3 heteroatoms. The van der Waals surface area contributed by atoms with Crippen LogP contribution in [-0.4, -0.2) is 6.04 Å². The van der Waals surface area contributed by atoms with Gasteiger partial charge in [0.05, 0.1) is 0 Å². The van der Waals surface area contributed by atoms with Gasteiger partial charge in [0, 0.05) is 27.2 Å². The Morgan fingerprint density at radius 2 is 2.20 bits per heavy atom. The number of thiophene rings is 1. The van der Waals surface area contributed by atoms with Gasteiger partial charge in [-0.3, -0.25) is 0 Å². The van der Waals surface area contributed by atoms with Crippen molar-refractivity contribution in [2.75, 3.05) is 0 Å². The van der Waals surface area contributed by atoms with E-state index in [1.54, 1.807) is 0 Å². The molecule has 0 atom stereocenters. The Morgan fingerprint density at radius 3 is 3.00 bits per heavy atom. The molecule has 0 radical (unpaired) electrons. The van der Waals surface area contributed by atoms with Gasteiger partial charge in [-0.15, -0.1) is 11.3 Å². The molecule has 1 nitrogen and oxygen atoms in total. The third-order valence-electron chi connectivity index (χ3n) is 2.67. The van der Waals surface area contributed by atoms with Crippen LogP contribution in [0, 0.1) is 0 Å². The lowest BCUT2D eigenvalue weighted by Gasteiger charge is -1.97. The number of halogens is 1. The molecular weight excluding hydrogens is 226 g/mol. The van der Waals surface area contributed by atoms with Crippen molar-refractivity contribution in [3.05, 3.63) is 34.2 Å². The normalized spacial score (nSPS) is 16.1. The zero-order valence-electron chi connectivity index (χ0n) is 8.29. The maximum Gasteiger partial charge on any atom is 0.0412 e. The highest BCUT2D eigenvalue weighted by Gasteiger charge is 2.20. The van der Waals surface area contributed by atoms with Gasteiger partial charge in [-0.2, -0.15) is 0 Å². The topological polar surface area (TPSA) is 12.0 Å². The second-order valence-corrected chi connectivity index (χ2v) is 5.65. The molecule has 1 aliphatic carbocycles. The zero-order valence-corrected chi connectivity index (χ0v) is 9.87. The summed E-state index contributed by atoms with van der Waals surface area (Å²) in [5, 5.41) is 5.61. The Kier molecular flexibility index (Phi) is 2.43. The number of fused-ring (bicyclic) bond motifs is 1. The van der Waals surface area contributed by atoms with Crippen LogP contribution >= 0.6 is 22.9 Å². The van der Waals surface area contributed by atoms with E-state index in [-0.39, 0.29) is 0 Å². The van der Waals surface area contributed by atoms with Crippen molar-refractivity contribution in [3.63, 3.8) is 0 Å². The summed E-state index contributed by atoms with van der Waals surface area (Å²) in [6.07, 6.45) is 2.69. The van der Waals surface area contributed by atoms with Gasteiger partial charge in [-0.25, -0.2) is 0 Å². The van der Waals surface area contributed by atoms with Crippen LogP contribution in [0.15, 0.2) is 24.3 Å². The molecule has 0 saturated heterocycles. The molecule has 15 heavy (non-hydrogen) atoms. The lowest BCUT2D eigenvalue weighted by molar-refractivity contribution is 0.695. The molecule has 0 aliphatic heterocycles. The van der Waals surface area contributed by atoms with Crippen molar-refractivity contribution in [3.8, 4) is 0 Å². The van der Waals surface area contributed by atoms with E-state index >= 15 is 0 Å². The van der Waals surface area contributed by atoms with E-state index in [9.17, 15) is 0 Å². The van der Waals surface area contributed by atoms with Gasteiger partial charge in [-0.05, 0) is 42.5 Å². The van der Waals surface area contributed by atoms with Crippen molar-refractivity contribution < 1.29 is 0 Å². The number of hydrogen-bond acceptors (Lipinski definition) is 2. The Labute approximate surface area is 98.1 Å². The number of hydrogen-bond donors (Lipinski definition) is 1. The molecule has 2 aromatic rings. The van der Waals surface area contributed by atoms with Crippen molar-refractivity contribution in [2.24, 2.45) is 0 Å². The van der Waals surface area contributed by atoms with Crippen LogP contribution in [0.4, 0.5) is 0 Å². The molecule has 0 bridgehead atoms. The second-order valence-electron chi connectivity index (χ2n) is 4.05. The van der Waals surface area contributed by atoms with Crippen LogP contribution in [0.2, 0.25) is 5.02 Å². The second kappa shape index (κ2) is 3.78. The molecule has 3 rings (SSSR count). The summed E-state index contributed by atoms with van der Waals surface area (Å²) in [5.74, 6) is 0. The van der Waals surface area contributed by atoms with Crippen LogP contribution in [0.1, 0.15) is 17.7 Å². The van der Waals surface area contributed by atoms with Gasteiger partial charge < -0.3 is 5.32 Å². The van der Waals surface area contributed by atoms with Gasteiger partial charge in [0.25, 0.3) is 0 Å². The van der Waals surface area contributed by atoms with E-state index in [4.69, 9.17) is 11.6 Å². The van der Waals surface area contributed by atoms with Crippen molar-refractivity contribution in [1.29, 1.82) is 0 Å². The predicted molar refractivity (Wildman–Crippen MR) is 66.7 cm³/mol. The summed E-state index contributed by atoms with van der Waals surface area (Å²) in [7, 11) is 0. The SMILES string of the molecule is Clc1ccc2sc(CNC3CC3)cc2c1. The van der Waals surface area contributed by atoms with Crippen molar-refractivity contribution in [2.45, 2.75) is 25.4 Å². The standard InChI is InChI=1S/C12H12ClNS/c13-9-1-4-12-8(5-9)6-11(15-12)7-14-10-2-3-10/h1,4-6,10,14H,2-3,7H2. The van der Waals surface area contributed by atoms with Gasteiger partial charge in [-0.1, -0.05) is 11.6 Å². The fourth-order valence-corrected chi connectivity index (χ4v) is 2.86. The first-order valence-corrected chi connectivity index (χ1v) is 6.42. The summed E-state index contributed by atoms with van der Waals surface area (Å²) in [6.45, 7) is 1.00. The van der Waals surface area contributed by atoms with Gasteiger partial charge in [0.2, 0.25) is 0 Å². The summed E-state index contributed by atoms with van der Waals surface area (Å²) >= 11 is 7.81. The van der Waals surface area contributed by atoms with Crippen LogP contribution in [0.5, 0.6) is 0 Å². The smallest absolute Gasteiger partial charge is 0.0412 e. The third-order valence-corrected chi connectivity index (χ3v) is 4.02. The van der Waals surface area contributed by atoms with Crippen LogP contribution in [0.25, 0.3) is 10.1 Å². The molecule has 1 fully saturated rings. The summed E-state index contributed by atoms with van der Waals surface area (Å²) in [5.41, 5.74) is 0. The molecule has 0 amide bonds. The number of rotatable bonds is 3. The minimum absolute atomic E-state index is 0.777. The van der Waals surface area contributed by atoms with Crippen LogP contribution in [0.3, 0.4) is 0 Å². The third kappa shape index (κ3) is 2.17. The molecule has 0 unspecified atom stereocenters. The minimum atomic E-state index is 0.777. The first-order chi connectivity index (χ1) is 7.31. The molecular formula is C12H12ClNS. The first kappa shape index (κ1) is 9.64. The molecule has 1 saturated carbocycles. The Morgan fingerprint density at radius 1 is 1.33 bits per heavy atom. The highest BCUT2D eigenvalue weighted by Crippen LogP contribution is 2.28. The summed E-state index contributed by atoms with van der Waals surface area (Å²) < 4.78 is 1.33. The van der Waals surface area contributed by atoms with E-state index in [2.05, 4.69) is 17.4 Å². The highest BCUT2D eigenvalue weighted by atomic mass is 35.5. The van der Waals surface area contributed by atoms with Crippen LogP contribution in [-0.2, 0) is 6.54 Å². The molecule has 1 aliphatic rings. The monoisotopic (exact) mass is 237 g/mol. The molecule has 1 aromatic heterocycles. The maximum absolute atomic E-state index is 5.95. The van der Waals surface area contributed by atoms with Gasteiger partial charge in [0.1, 0.15) is 0 Å². The average Bonchev–Trinajstić information content (AvgIpc) is 2.95. The lowest BCUT2D eigenvalue weighted by Crippen LogP contribution is -2.14. The predicted octanol–water partition coefficient (Wildman–Crippen LogP) is 3.81. The number of benzene rings is 1. The fraction of sp³-hybridized carbons (Fsp3) is 0.333.